The van der Waals surface area contributed by atoms with Crippen LogP contribution in [0, 0.1) is 4.77 Å². The van der Waals surface area contributed by atoms with Gasteiger partial charge in [0.05, 0.1) is 5.69 Å². The average molecular weight is 275 g/mol. The summed E-state index contributed by atoms with van der Waals surface area (Å²) in [4.78, 5) is 18.4. The van der Waals surface area contributed by atoms with Crippen LogP contribution in [0.3, 0.4) is 0 Å². The number of aromatic amines is 1. The van der Waals surface area contributed by atoms with Crippen molar-refractivity contribution >= 4 is 24.1 Å². The molecule has 6 heteroatoms. The molecule has 0 atom stereocenters. The topological polar surface area (TPSA) is 70.4 Å². The zero-order chi connectivity index (χ0) is 13.8. The Bertz CT molecular complexity index is 717. The zero-order valence-corrected chi connectivity index (χ0v) is 11.1. The van der Waals surface area contributed by atoms with Gasteiger partial charge < -0.3 is 5.11 Å². The summed E-state index contributed by atoms with van der Waals surface area (Å²) in [6.45, 7) is 2.29. The van der Waals surface area contributed by atoms with Crippen LogP contribution in [0.4, 0.5) is 5.69 Å². The second kappa shape index (κ2) is 5.62. The predicted molar refractivity (Wildman–Crippen MR) is 76.9 cm³/mol. The molecular weight excluding hydrogens is 262 g/mol. The lowest BCUT2D eigenvalue weighted by Gasteiger charge is -2.07. The fourth-order valence-corrected chi connectivity index (χ4v) is 1.95. The van der Waals surface area contributed by atoms with E-state index in [4.69, 9.17) is 12.2 Å². The van der Waals surface area contributed by atoms with Crippen molar-refractivity contribution in [2.75, 3.05) is 0 Å². The smallest absolute Gasteiger partial charge is 0.264 e. The van der Waals surface area contributed by atoms with Crippen LogP contribution in [0.1, 0.15) is 12.5 Å². The fraction of sp³-hybridized carbons (Fsp3) is 0.154. The average Bonchev–Trinajstić information content (AvgIpc) is 2.39. The number of aliphatic imine (C=N–C) groups is 1. The van der Waals surface area contributed by atoms with E-state index in [1.807, 2.05) is 25.1 Å². The monoisotopic (exact) mass is 275 g/mol. The van der Waals surface area contributed by atoms with E-state index in [1.165, 1.54) is 10.8 Å². The van der Waals surface area contributed by atoms with Crippen molar-refractivity contribution < 1.29 is 5.11 Å². The Hall–Kier alpha value is -2.21. The molecule has 0 radical (unpaired) electrons. The lowest BCUT2D eigenvalue weighted by Crippen LogP contribution is -2.18. The summed E-state index contributed by atoms with van der Waals surface area (Å²) in [7, 11) is 0. The van der Waals surface area contributed by atoms with Gasteiger partial charge in [-0.1, -0.05) is 18.2 Å². The molecule has 0 fully saturated rings. The first-order valence-electron chi connectivity index (χ1n) is 5.78. The van der Waals surface area contributed by atoms with Crippen LogP contribution in [-0.2, 0) is 6.54 Å². The molecule has 98 valence electrons. The quantitative estimate of drug-likeness (QED) is 0.667. The van der Waals surface area contributed by atoms with Crippen molar-refractivity contribution in [3.63, 3.8) is 0 Å². The highest BCUT2D eigenvalue weighted by molar-refractivity contribution is 7.71. The first kappa shape index (κ1) is 13.2. The molecule has 0 bridgehead atoms. The van der Waals surface area contributed by atoms with Gasteiger partial charge in [-0.05, 0) is 31.3 Å². The van der Waals surface area contributed by atoms with Crippen LogP contribution in [0.2, 0.25) is 0 Å². The Morgan fingerprint density at radius 2 is 2.11 bits per heavy atom. The normalized spacial score (nSPS) is 11.0. The molecule has 1 aromatic heterocycles. The van der Waals surface area contributed by atoms with E-state index >= 15 is 0 Å². The van der Waals surface area contributed by atoms with E-state index in [0.717, 1.165) is 0 Å². The third kappa shape index (κ3) is 2.79. The molecule has 1 heterocycles. The maximum Gasteiger partial charge on any atom is 0.264 e. The Balaban J connectivity index is 2.49. The summed E-state index contributed by atoms with van der Waals surface area (Å²) < 4.78 is 1.63. The highest BCUT2D eigenvalue weighted by Gasteiger charge is 2.09. The summed E-state index contributed by atoms with van der Waals surface area (Å²) in [5.74, 6) is -0.170. The van der Waals surface area contributed by atoms with Gasteiger partial charge in [-0.2, -0.15) is 0 Å². The van der Waals surface area contributed by atoms with Crippen LogP contribution in [0.15, 0.2) is 40.1 Å². The molecule has 0 spiro atoms. The number of nitrogens with one attached hydrogen (secondary N) is 1. The van der Waals surface area contributed by atoms with Gasteiger partial charge in [0.2, 0.25) is 5.88 Å². The molecule has 0 amide bonds. The third-order valence-corrected chi connectivity index (χ3v) is 2.94. The summed E-state index contributed by atoms with van der Waals surface area (Å²) >= 11 is 4.97. The molecule has 2 rings (SSSR count). The number of nitrogens with zero attached hydrogens (tertiary/aromatic N) is 2. The van der Waals surface area contributed by atoms with E-state index in [-0.39, 0.29) is 16.2 Å². The summed E-state index contributed by atoms with van der Waals surface area (Å²) in [6, 6.07) is 9.17. The molecule has 0 aliphatic carbocycles. The number of aromatic hydroxyl groups is 1. The van der Waals surface area contributed by atoms with Crippen LogP contribution >= 0.6 is 12.2 Å². The number of H-pyrrole nitrogens is 1. The van der Waals surface area contributed by atoms with E-state index in [2.05, 4.69) is 9.98 Å². The van der Waals surface area contributed by atoms with Crippen molar-refractivity contribution in [2.45, 2.75) is 13.5 Å². The number of rotatable bonds is 3. The largest absolute Gasteiger partial charge is 0.494 e. The van der Waals surface area contributed by atoms with Crippen molar-refractivity contribution in [3.05, 3.63) is 51.0 Å². The minimum Gasteiger partial charge on any atom is -0.494 e. The molecule has 2 aromatic rings. The standard InChI is InChI=1S/C13H13N3O2S/c1-2-16-12(18)10(11(17)15-13(16)19)8-14-9-6-4-3-5-7-9/h3-8,18H,2H2,1H3,(H,15,17,19). The molecule has 0 unspecified atom stereocenters. The minimum atomic E-state index is -0.452. The molecule has 19 heavy (non-hydrogen) atoms. The van der Waals surface area contributed by atoms with Crippen molar-refractivity contribution in [2.24, 2.45) is 4.99 Å². The SMILES string of the molecule is CCn1c(O)c(C=Nc2ccccc2)c(=O)[nH]c1=S. The van der Waals surface area contributed by atoms with Crippen LogP contribution < -0.4 is 5.56 Å². The summed E-state index contributed by atoms with van der Waals surface area (Å²) in [5.41, 5.74) is 0.345. The second-order valence-corrected chi connectivity index (χ2v) is 4.22. The number of aromatic nitrogens is 2. The van der Waals surface area contributed by atoms with Gasteiger partial charge in [-0.3, -0.25) is 19.3 Å². The predicted octanol–water partition coefficient (Wildman–Crippen LogP) is 2.38. The Morgan fingerprint density at radius 3 is 2.74 bits per heavy atom. The van der Waals surface area contributed by atoms with Crippen molar-refractivity contribution in [1.82, 2.24) is 9.55 Å². The molecule has 0 saturated carbocycles. The van der Waals surface area contributed by atoms with E-state index in [1.54, 1.807) is 12.1 Å². The fourth-order valence-electron chi connectivity index (χ4n) is 1.64. The van der Waals surface area contributed by atoms with Gasteiger partial charge in [0, 0.05) is 12.8 Å². The van der Waals surface area contributed by atoms with Crippen molar-refractivity contribution in [1.29, 1.82) is 0 Å². The van der Waals surface area contributed by atoms with Gasteiger partial charge in [0.1, 0.15) is 5.56 Å². The van der Waals surface area contributed by atoms with Gasteiger partial charge in [0.25, 0.3) is 5.56 Å². The summed E-state index contributed by atoms with van der Waals surface area (Å²) in [6.07, 6.45) is 1.34. The van der Waals surface area contributed by atoms with Crippen molar-refractivity contribution in [3.8, 4) is 5.88 Å². The molecule has 0 saturated heterocycles. The maximum atomic E-state index is 11.8. The molecule has 2 N–H and O–H groups in total. The second-order valence-electron chi connectivity index (χ2n) is 3.83. The zero-order valence-electron chi connectivity index (χ0n) is 10.3. The van der Waals surface area contributed by atoms with Gasteiger partial charge in [-0.15, -0.1) is 0 Å². The maximum absolute atomic E-state index is 11.8. The highest BCUT2D eigenvalue weighted by Crippen LogP contribution is 2.14. The molecule has 5 nitrogen and oxygen atoms in total. The Kier molecular flexibility index (Phi) is 3.91. The first-order valence-corrected chi connectivity index (χ1v) is 6.19. The number of para-hydroxylation sites is 1. The Labute approximate surface area is 114 Å². The highest BCUT2D eigenvalue weighted by atomic mass is 32.1. The van der Waals surface area contributed by atoms with E-state index in [0.29, 0.717) is 12.2 Å². The van der Waals surface area contributed by atoms with Crippen LogP contribution in [0.25, 0.3) is 0 Å². The molecule has 0 aliphatic heterocycles. The number of benzene rings is 1. The lowest BCUT2D eigenvalue weighted by atomic mass is 10.3. The third-order valence-electron chi connectivity index (χ3n) is 2.62. The molecule has 0 aliphatic rings. The lowest BCUT2D eigenvalue weighted by molar-refractivity contribution is 0.408. The van der Waals surface area contributed by atoms with Crippen LogP contribution in [-0.4, -0.2) is 20.9 Å². The number of hydrogen-bond donors (Lipinski definition) is 2. The first-order chi connectivity index (χ1) is 9.13. The van der Waals surface area contributed by atoms with Crippen LogP contribution in [0.5, 0.6) is 5.88 Å². The van der Waals surface area contributed by atoms with Gasteiger partial charge >= 0.3 is 0 Å². The van der Waals surface area contributed by atoms with Gasteiger partial charge in [0.15, 0.2) is 4.77 Å². The summed E-state index contributed by atoms with van der Waals surface area (Å²) in [5, 5.41) is 10.0. The van der Waals surface area contributed by atoms with E-state index < -0.39 is 5.56 Å². The Morgan fingerprint density at radius 1 is 1.42 bits per heavy atom. The minimum absolute atomic E-state index is 0.0966. The molecular formula is C13H13N3O2S. The molecule has 1 aromatic carbocycles. The number of hydrogen-bond acceptors (Lipinski definition) is 4. The van der Waals surface area contributed by atoms with E-state index in [9.17, 15) is 9.90 Å². The van der Waals surface area contributed by atoms with Gasteiger partial charge in [-0.25, -0.2) is 0 Å².